The van der Waals surface area contributed by atoms with Gasteiger partial charge in [0.25, 0.3) is 0 Å². The average Bonchev–Trinajstić information content (AvgIpc) is 2.96. The number of nitrogen functional groups attached to an aromatic ring is 1. The Balaban J connectivity index is 1.68. The highest BCUT2D eigenvalue weighted by Gasteiger charge is 2.13. The number of hydrogen-bond donors (Lipinski definition) is 1. The van der Waals surface area contributed by atoms with Crippen molar-refractivity contribution in [2.75, 3.05) is 32.0 Å². The Morgan fingerprint density at radius 3 is 2.83 bits per heavy atom. The summed E-state index contributed by atoms with van der Waals surface area (Å²) in [6.45, 7) is 5.80. The summed E-state index contributed by atoms with van der Waals surface area (Å²) in [6, 6.07) is 1.70. The van der Waals surface area contributed by atoms with E-state index in [0.29, 0.717) is 17.2 Å². The van der Waals surface area contributed by atoms with E-state index in [-0.39, 0.29) is 5.97 Å². The van der Waals surface area contributed by atoms with Gasteiger partial charge in [-0.3, -0.25) is 0 Å². The van der Waals surface area contributed by atoms with E-state index in [9.17, 15) is 4.79 Å². The highest BCUT2D eigenvalue weighted by molar-refractivity contribution is 7.14. The quantitative estimate of drug-likeness (QED) is 0.657. The fourth-order valence-electron chi connectivity index (χ4n) is 2.13. The van der Waals surface area contributed by atoms with Crippen molar-refractivity contribution in [3.8, 4) is 0 Å². The van der Waals surface area contributed by atoms with E-state index in [0.717, 1.165) is 17.8 Å². The molecule has 18 heavy (non-hydrogen) atoms. The van der Waals surface area contributed by atoms with Crippen LogP contribution in [0.2, 0.25) is 0 Å². The van der Waals surface area contributed by atoms with Crippen LogP contribution in [0.4, 0.5) is 5.69 Å². The van der Waals surface area contributed by atoms with Crippen LogP contribution in [0.1, 0.15) is 33.8 Å². The van der Waals surface area contributed by atoms with Gasteiger partial charge in [-0.25, -0.2) is 4.79 Å². The standard InChI is InChI=1S/C13H20N2O2S/c1-10-11(14)9-12(18-10)13(16)17-8-4-7-15-5-2-3-6-15/h9H,2-8,14H2,1H3. The third-order valence-corrected chi connectivity index (χ3v) is 4.25. The zero-order valence-corrected chi connectivity index (χ0v) is 11.6. The second-order valence-electron chi connectivity index (χ2n) is 4.66. The number of nitrogens with zero attached hydrogens (tertiary/aromatic N) is 1. The molecular formula is C13H20N2O2S. The fraction of sp³-hybridized carbons (Fsp3) is 0.615. The maximum absolute atomic E-state index is 11.7. The van der Waals surface area contributed by atoms with Crippen LogP contribution in [0.25, 0.3) is 0 Å². The second-order valence-corrected chi connectivity index (χ2v) is 5.92. The Hall–Kier alpha value is -1.07. The van der Waals surface area contributed by atoms with Crippen molar-refractivity contribution >= 4 is 23.0 Å². The number of likely N-dealkylation sites (tertiary alicyclic amines) is 1. The van der Waals surface area contributed by atoms with Crippen LogP contribution >= 0.6 is 11.3 Å². The summed E-state index contributed by atoms with van der Waals surface area (Å²) >= 11 is 1.40. The van der Waals surface area contributed by atoms with Gasteiger partial charge >= 0.3 is 5.97 Å². The van der Waals surface area contributed by atoms with Gasteiger partial charge in [0.15, 0.2) is 0 Å². The first kappa shape index (κ1) is 13.4. The first-order chi connectivity index (χ1) is 8.66. The van der Waals surface area contributed by atoms with E-state index < -0.39 is 0 Å². The SMILES string of the molecule is Cc1sc(C(=O)OCCCN2CCCC2)cc1N. The van der Waals surface area contributed by atoms with Crippen molar-refractivity contribution in [1.82, 2.24) is 4.90 Å². The zero-order chi connectivity index (χ0) is 13.0. The molecule has 2 N–H and O–H groups in total. The van der Waals surface area contributed by atoms with Gasteiger partial charge in [0.1, 0.15) is 4.88 Å². The van der Waals surface area contributed by atoms with Gasteiger partial charge in [-0.15, -0.1) is 11.3 Å². The number of ether oxygens (including phenoxy) is 1. The molecule has 0 bridgehead atoms. The predicted molar refractivity (Wildman–Crippen MR) is 74.0 cm³/mol. The Labute approximate surface area is 112 Å². The molecule has 1 aromatic rings. The smallest absolute Gasteiger partial charge is 0.348 e. The third-order valence-electron chi connectivity index (χ3n) is 3.21. The maximum Gasteiger partial charge on any atom is 0.348 e. The number of thiophene rings is 1. The van der Waals surface area contributed by atoms with E-state index in [1.165, 1.54) is 37.3 Å². The molecule has 2 rings (SSSR count). The first-order valence-electron chi connectivity index (χ1n) is 6.42. The molecule has 1 saturated heterocycles. The van der Waals surface area contributed by atoms with Crippen LogP contribution in [0.5, 0.6) is 0 Å². The highest BCUT2D eigenvalue weighted by Crippen LogP contribution is 2.23. The maximum atomic E-state index is 11.7. The van der Waals surface area contributed by atoms with Crippen molar-refractivity contribution in [2.45, 2.75) is 26.2 Å². The molecular weight excluding hydrogens is 248 g/mol. The molecule has 0 amide bonds. The van der Waals surface area contributed by atoms with Crippen LogP contribution in [0.15, 0.2) is 6.07 Å². The van der Waals surface area contributed by atoms with Gasteiger partial charge in [0, 0.05) is 17.1 Å². The molecule has 2 heterocycles. The Bertz CT molecular complexity index is 392. The lowest BCUT2D eigenvalue weighted by Crippen LogP contribution is -2.22. The zero-order valence-electron chi connectivity index (χ0n) is 10.8. The van der Waals surface area contributed by atoms with Gasteiger partial charge in [0.05, 0.1) is 6.61 Å². The molecule has 1 aromatic heterocycles. The topological polar surface area (TPSA) is 55.6 Å². The molecule has 1 aliphatic rings. The summed E-state index contributed by atoms with van der Waals surface area (Å²) in [5, 5.41) is 0. The summed E-state index contributed by atoms with van der Waals surface area (Å²) in [6.07, 6.45) is 3.51. The number of carbonyl (C=O) groups excluding carboxylic acids is 1. The summed E-state index contributed by atoms with van der Waals surface area (Å²) < 4.78 is 5.25. The normalized spacial score (nSPS) is 16.1. The Morgan fingerprint density at radius 1 is 1.50 bits per heavy atom. The van der Waals surface area contributed by atoms with E-state index in [1.54, 1.807) is 6.07 Å². The molecule has 0 saturated carbocycles. The van der Waals surface area contributed by atoms with Crippen LogP contribution in [0.3, 0.4) is 0 Å². The number of nitrogens with two attached hydrogens (primary N) is 1. The number of aryl methyl sites for hydroxylation is 1. The van der Waals surface area contributed by atoms with Crippen molar-refractivity contribution < 1.29 is 9.53 Å². The predicted octanol–water partition coefficient (Wildman–Crippen LogP) is 2.28. The minimum atomic E-state index is -0.249. The van der Waals surface area contributed by atoms with Crippen LogP contribution in [-0.4, -0.2) is 37.1 Å². The van der Waals surface area contributed by atoms with Crippen molar-refractivity contribution in [2.24, 2.45) is 0 Å². The van der Waals surface area contributed by atoms with Gasteiger partial charge in [-0.1, -0.05) is 0 Å². The van der Waals surface area contributed by atoms with Gasteiger partial charge < -0.3 is 15.4 Å². The molecule has 0 atom stereocenters. The molecule has 0 aliphatic carbocycles. The van der Waals surface area contributed by atoms with Crippen molar-refractivity contribution in [3.63, 3.8) is 0 Å². The number of anilines is 1. The summed E-state index contributed by atoms with van der Waals surface area (Å²) in [5.41, 5.74) is 6.38. The molecule has 1 fully saturated rings. The molecule has 1 aliphatic heterocycles. The summed E-state index contributed by atoms with van der Waals surface area (Å²) in [4.78, 5) is 15.7. The Kier molecular flexibility index (Phi) is 4.60. The minimum absolute atomic E-state index is 0.249. The fourth-order valence-corrected chi connectivity index (χ4v) is 2.96. The largest absolute Gasteiger partial charge is 0.461 e. The average molecular weight is 268 g/mol. The highest BCUT2D eigenvalue weighted by atomic mass is 32.1. The van der Waals surface area contributed by atoms with Crippen LogP contribution < -0.4 is 5.73 Å². The number of carbonyl (C=O) groups is 1. The van der Waals surface area contributed by atoms with Crippen molar-refractivity contribution in [3.05, 3.63) is 15.8 Å². The summed E-state index contributed by atoms with van der Waals surface area (Å²) in [7, 11) is 0. The van der Waals surface area contributed by atoms with E-state index in [1.807, 2.05) is 6.92 Å². The lowest BCUT2D eigenvalue weighted by atomic mass is 10.4. The molecule has 0 spiro atoms. The third kappa shape index (κ3) is 3.46. The molecule has 0 aromatic carbocycles. The minimum Gasteiger partial charge on any atom is -0.461 e. The van der Waals surface area contributed by atoms with Crippen LogP contribution in [-0.2, 0) is 4.74 Å². The molecule has 0 unspecified atom stereocenters. The van der Waals surface area contributed by atoms with E-state index in [2.05, 4.69) is 4.90 Å². The van der Waals surface area contributed by atoms with Gasteiger partial charge in [-0.05, 0) is 45.3 Å². The Morgan fingerprint density at radius 2 is 2.22 bits per heavy atom. The monoisotopic (exact) mass is 268 g/mol. The van der Waals surface area contributed by atoms with Crippen molar-refractivity contribution in [1.29, 1.82) is 0 Å². The van der Waals surface area contributed by atoms with Crippen LogP contribution in [0, 0.1) is 6.92 Å². The van der Waals surface area contributed by atoms with Gasteiger partial charge in [0.2, 0.25) is 0 Å². The van der Waals surface area contributed by atoms with E-state index in [4.69, 9.17) is 10.5 Å². The first-order valence-corrected chi connectivity index (χ1v) is 7.24. The molecule has 100 valence electrons. The molecule has 4 nitrogen and oxygen atoms in total. The summed E-state index contributed by atoms with van der Waals surface area (Å²) in [5.74, 6) is -0.249. The second kappa shape index (κ2) is 6.20. The lowest BCUT2D eigenvalue weighted by molar-refractivity contribution is 0.0496. The number of hydrogen-bond acceptors (Lipinski definition) is 5. The van der Waals surface area contributed by atoms with Gasteiger partial charge in [-0.2, -0.15) is 0 Å². The lowest BCUT2D eigenvalue weighted by Gasteiger charge is -2.13. The van der Waals surface area contributed by atoms with E-state index >= 15 is 0 Å². The molecule has 0 radical (unpaired) electrons. The number of rotatable bonds is 5. The number of esters is 1. The molecule has 5 heteroatoms.